The van der Waals surface area contributed by atoms with E-state index < -0.39 is 12.5 Å². The fourth-order valence-electron chi connectivity index (χ4n) is 2.34. The Labute approximate surface area is 116 Å². The average molecular weight is 278 g/mol. The molecule has 3 nitrogen and oxygen atoms in total. The minimum atomic E-state index is -2.70. The molecule has 2 aromatic rings. The average Bonchev–Trinajstić information content (AvgIpc) is 2.89. The fourth-order valence-corrected chi connectivity index (χ4v) is 2.34. The standard InChI is InChI=1S/C15H16F2N2O/c1-10-2-4-11(5-3-10)12-8-13(19-18-12)14-6-7-15(16,17)9-20-14/h2-5,8,14H,6-7,9H2,1H3,(H,18,19)/t14-/m0/s1. The Morgan fingerprint density at radius 3 is 2.70 bits per heavy atom. The Kier molecular flexibility index (Phi) is 3.30. The third-order valence-corrected chi connectivity index (χ3v) is 3.56. The minimum Gasteiger partial charge on any atom is -0.366 e. The fraction of sp³-hybridized carbons (Fsp3) is 0.400. The number of H-pyrrole nitrogens is 1. The molecule has 1 aromatic carbocycles. The monoisotopic (exact) mass is 278 g/mol. The normalized spacial score (nSPS) is 21.9. The van der Waals surface area contributed by atoms with Gasteiger partial charge in [-0.25, -0.2) is 8.78 Å². The summed E-state index contributed by atoms with van der Waals surface area (Å²) in [5.74, 6) is -2.70. The van der Waals surface area contributed by atoms with Crippen molar-refractivity contribution in [3.05, 3.63) is 41.6 Å². The van der Waals surface area contributed by atoms with Crippen molar-refractivity contribution < 1.29 is 13.5 Å². The SMILES string of the molecule is Cc1ccc(-c2cc([C@@H]3CCC(F)(F)CO3)[nH]n2)cc1. The maximum absolute atomic E-state index is 13.1. The number of nitrogens with zero attached hydrogens (tertiary/aromatic N) is 1. The molecule has 5 heteroatoms. The van der Waals surface area contributed by atoms with Gasteiger partial charge in [-0.1, -0.05) is 29.8 Å². The predicted octanol–water partition coefficient (Wildman–Crippen LogP) is 3.87. The Morgan fingerprint density at radius 2 is 2.05 bits per heavy atom. The van der Waals surface area contributed by atoms with Crippen molar-refractivity contribution >= 4 is 0 Å². The van der Waals surface area contributed by atoms with Gasteiger partial charge in [-0.3, -0.25) is 5.10 Å². The van der Waals surface area contributed by atoms with Gasteiger partial charge in [0.25, 0.3) is 5.92 Å². The van der Waals surface area contributed by atoms with E-state index in [1.165, 1.54) is 5.56 Å². The molecule has 0 amide bonds. The predicted molar refractivity (Wildman–Crippen MR) is 71.6 cm³/mol. The highest BCUT2D eigenvalue weighted by Gasteiger charge is 2.36. The molecule has 20 heavy (non-hydrogen) atoms. The van der Waals surface area contributed by atoms with Crippen LogP contribution in [0.15, 0.2) is 30.3 Å². The summed E-state index contributed by atoms with van der Waals surface area (Å²) >= 11 is 0. The number of halogens is 2. The topological polar surface area (TPSA) is 37.9 Å². The smallest absolute Gasteiger partial charge is 0.271 e. The summed E-state index contributed by atoms with van der Waals surface area (Å²) in [5, 5.41) is 7.13. The first-order valence-electron chi connectivity index (χ1n) is 6.65. The summed E-state index contributed by atoms with van der Waals surface area (Å²) in [7, 11) is 0. The van der Waals surface area contributed by atoms with E-state index in [2.05, 4.69) is 10.2 Å². The van der Waals surface area contributed by atoms with Gasteiger partial charge in [0.15, 0.2) is 0 Å². The van der Waals surface area contributed by atoms with Crippen LogP contribution in [0, 0.1) is 6.92 Å². The largest absolute Gasteiger partial charge is 0.366 e. The van der Waals surface area contributed by atoms with E-state index in [9.17, 15) is 8.78 Å². The second-order valence-corrected chi connectivity index (χ2v) is 5.27. The lowest BCUT2D eigenvalue weighted by atomic mass is 10.0. The van der Waals surface area contributed by atoms with Crippen LogP contribution in [0.25, 0.3) is 11.3 Å². The minimum absolute atomic E-state index is 0.142. The van der Waals surface area contributed by atoms with E-state index >= 15 is 0 Å². The number of alkyl halides is 2. The molecule has 3 rings (SSSR count). The molecule has 1 aromatic heterocycles. The van der Waals surface area contributed by atoms with Gasteiger partial charge in [0.05, 0.1) is 17.5 Å². The van der Waals surface area contributed by atoms with Gasteiger partial charge in [-0.05, 0) is 19.4 Å². The van der Waals surface area contributed by atoms with Crippen LogP contribution >= 0.6 is 0 Å². The van der Waals surface area contributed by atoms with Crippen LogP contribution in [0.5, 0.6) is 0 Å². The Bertz CT molecular complexity index is 582. The quantitative estimate of drug-likeness (QED) is 0.905. The molecule has 106 valence electrons. The molecule has 1 aliphatic rings. The van der Waals surface area contributed by atoms with E-state index in [4.69, 9.17) is 4.74 Å². The molecule has 0 spiro atoms. The lowest BCUT2D eigenvalue weighted by Gasteiger charge is -2.27. The molecule has 1 aliphatic heterocycles. The summed E-state index contributed by atoms with van der Waals surface area (Å²) in [5.41, 5.74) is 3.75. The number of hydrogen-bond donors (Lipinski definition) is 1. The zero-order valence-corrected chi connectivity index (χ0v) is 11.2. The molecule has 0 bridgehead atoms. The molecule has 0 unspecified atom stereocenters. The Balaban J connectivity index is 1.76. The second kappa shape index (κ2) is 4.98. The van der Waals surface area contributed by atoms with Crippen LogP contribution < -0.4 is 0 Å². The third-order valence-electron chi connectivity index (χ3n) is 3.56. The van der Waals surface area contributed by atoms with E-state index in [1.807, 2.05) is 37.3 Å². The van der Waals surface area contributed by atoms with Gasteiger partial charge >= 0.3 is 0 Å². The highest BCUT2D eigenvalue weighted by Crippen LogP contribution is 2.35. The van der Waals surface area contributed by atoms with Gasteiger partial charge in [0.1, 0.15) is 6.61 Å². The maximum Gasteiger partial charge on any atom is 0.271 e. The number of hydrogen-bond acceptors (Lipinski definition) is 2. The summed E-state index contributed by atoms with van der Waals surface area (Å²) in [6.07, 6.45) is -0.152. The number of rotatable bonds is 2. The number of nitrogens with one attached hydrogen (secondary N) is 1. The lowest BCUT2D eigenvalue weighted by Crippen LogP contribution is -2.31. The number of benzene rings is 1. The lowest BCUT2D eigenvalue weighted by molar-refractivity contribution is -0.146. The maximum atomic E-state index is 13.1. The molecule has 0 saturated carbocycles. The molecular weight excluding hydrogens is 262 g/mol. The van der Waals surface area contributed by atoms with Crippen molar-refractivity contribution in [1.29, 1.82) is 0 Å². The van der Waals surface area contributed by atoms with Gasteiger partial charge in [-0.15, -0.1) is 0 Å². The number of aromatic amines is 1. The first-order valence-corrected chi connectivity index (χ1v) is 6.65. The highest BCUT2D eigenvalue weighted by atomic mass is 19.3. The van der Waals surface area contributed by atoms with Crippen LogP contribution in [0.1, 0.15) is 30.2 Å². The van der Waals surface area contributed by atoms with Crippen molar-refractivity contribution in [2.75, 3.05) is 6.61 Å². The molecule has 0 aliphatic carbocycles. The Hall–Kier alpha value is -1.75. The molecule has 1 saturated heterocycles. The summed E-state index contributed by atoms with van der Waals surface area (Å²) in [6.45, 7) is 1.51. The van der Waals surface area contributed by atoms with Crippen LogP contribution in [-0.2, 0) is 4.74 Å². The molecule has 1 N–H and O–H groups in total. The number of aryl methyl sites for hydroxylation is 1. The van der Waals surface area contributed by atoms with E-state index in [0.717, 1.165) is 17.0 Å². The first-order chi connectivity index (χ1) is 9.53. The first kappa shape index (κ1) is 13.2. The van der Waals surface area contributed by atoms with Crippen molar-refractivity contribution in [3.8, 4) is 11.3 Å². The molecule has 1 atom stereocenters. The van der Waals surface area contributed by atoms with E-state index in [1.54, 1.807) is 0 Å². The summed E-state index contributed by atoms with van der Waals surface area (Å²) < 4.78 is 31.3. The van der Waals surface area contributed by atoms with E-state index in [-0.39, 0.29) is 12.5 Å². The van der Waals surface area contributed by atoms with Gasteiger partial charge in [0.2, 0.25) is 0 Å². The van der Waals surface area contributed by atoms with Crippen molar-refractivity contribution in [3.63, 3.8) is 0 Å². The van der Waals surface area contributed by atoms with Crippen molar-refractivity contribution in [2.24, 2.45) is 0 Å². The molecule has 1 fully saturated rings. The zero-order valence-electron chi connectivity index (χ0n) is 11.2. The van der Waals surface area contributed by atoms with Crippen LogP contribution in [0.4, 0.5) is 8.78 Å². The molecule has 0 radical (unpaired) electrons. The number of aromatic nitrogens is 2. The van der Waals surface area contributed by atoms with Crippen LogP contribution in [0.2, 0.25) is 0 Å². The molecular formula is C15H16F2N2O. The zero-order chi connectivity index (χ0) is 14.2. The third kappa shape index (κ3) is 2.72. The van der Waals surface area contributed by atoms with Crippen LogP contribution in [0.3, 0.4) is 0 Å². The van der Waals surface area contributed by atoms with Gasteiger partial charge < -0.3 is 4.74 Å². The number of ether oxygens (including phenoxy) is 1. The Morgan fingerprint density at radius 1 is 1.30 bits per heavy atom. The van der Waals surface area contributed by atoms with Gasteiger partial charge in [-0.2, -0.15) is 5.10 Å². The van der Waals surface area contributed by atoms with Crippen molar-refractivity contribution in [2.45, 2.75) is 31.8 Å². The molecule has 2 heterocycles. The highest BCUT2D eigenvalue weighted by molar-refractivity contribution is 5.59. The van der Waals surface area contributed by atoms with E-state index in [0.29, 0.717) is 6.42 Å². The van der Waals surface area contributed by atoms with Gasteiger partial charge in [0, 0.05) is 12.0 Å². The van der Waals surface area contributed by atoms with Crippen molar-refractivity contribution in [1.82, 2.24) is 10.2 Å². The van der Waals surface area contributed by atoms with Crippen LogP contribution in [-0.4, -0.2) is 22.7 Å². The second-order valence-electron chi connectivity index (χ2n) is 5.27. The summed E-state index contributed by atoms with van der Waals surface area (Å²) in [6, 6.07) is 9.89. The summed E-state index contributed by atoms with van der Waals surface area (Å²) in [4.78, 5) is 0.